The van der Waals surface area contributed by atoms with E-state index in [1.165, 1.54) is 6.21 Å². The van der Waals surface area contributed by atoms with Crippen LogP contribution in [0.1, 0.15) is 29.2 Å². The SMILES string of the molecule is CCOc1cc(/C=N/NC(=O)Cc2cc(C)ccc2C)cc(Cl)c1O. The van der Waals surface area contributed by atoms with Gasteiger partial charge < -0.3 is 9.84 Å². The van der Waals surface area contributed by atoms with Gasteiger partial charge in [0.2, 0.25) is 5.91 Å². The summed E-state index contributed by atoms with van der Waals surface area (Å²) in [5.41, 5.74) is 6.25. The molecule has 25 heavy (non-hydrogen) atoms. The van der Waals surface area contributed by atoms with Gasteiger partial charge in [0.05, 0.1) is 24.3 Å². The molecule has 0 aromatic heterocycles. The average Bonchev–Trinajstić information content (AvgIpc) is 2.55. The van der Waals surface area contributed by atoms with Gasteiger partial charge in [0.25, 0.3) is 0 Å². The highest BCUT2D eigenvalue weighted by molar-refractivity contribution is 6.32. The minimum atomic E-state index is -0.208. The zero-order valence-corrected chi connectivity index (χ0v) is 15.2. The summed E-state index contributed by atoms with van der Waals surface area (Å²) in [4.78, 5) is 12.0. The van der Waals surface area contributed by atoms with E-state index in [1.807, 2.05) is 39.0 Å². The van der Waals surface area contributed by atoms with Crippen molar-refractivity contribution in [3.63, 3.8) is 0 Å². The Morgan fingerprint density at radius 1 is 1.32 bits per heavy atom. The Morgan fingerprint density at radius 3 is 2.80 bits per heavy atom. The topological polar surface area (TPSA) is 70.9 Å². The summed E-state index contributed by atoms with van der Waals surface area (Å²) in [6, 6.07) is 9.14. The molecule has 1 amide bonds. The van der Waals surface area contributed by atoms with Gasteiger partial charge in [-0.1, -0.05) is 35.4 Å². The number of phenols is 1. The van der Waals surface area contributed by atoms with Crippen LogP contribution in [-0.2, 0) is 11.2 Å². The van der Waals surface area contributed by atoms with Crippen LogP contribution in [-0.4, -0.2) is 23.8 Å². The Bertz CT molecular complexity index is 803. The molecule has 2 rings (SSSR count). The van der Waals surface area contributed by atoms with E-state index in [2.05, 4.69) is 10.5 Å². The minimum Gasteiger partial charge on any atom is -0.503 e. The Balaban J connectivity index is 2.03. The highest BCUT2D eigenvalue weighted by Crippen LogP contribution is 2.34. The molecule has 6 heteroatoms. The van der Waals surface area contributed by atoms with Gasteiger partial charge in [-0.15, -0.1) is 0 Å². The first kappa shape index (κ1) is 18.8. The Morgan fingerprint density at radius 2 is 2.08 bits per heavy atom. The molecule has 0 radical (unpaired) electrons. The first-order chi connectivity index (χ1) is 11.9. The molecule has 0 bridgehead atoms. The molecular weight excluding hydrogens is 340 g/mol. The Kier molecular flexibility index (Phi) is 6.42. The van der Waals surface area contributed by atoms with E-state index in [0.717, 1.165) is 16.7 Å². The van der Waals surface area contributed by atoms with E-state index >= 15 is 0 Å². The van der Waals surface area contributed by atoms with Crippen molar-refractivity contribution in [2.75, 3.05) is 6.61 Å². The van der Waals surface area contributed by atoms with E-state index in [9.17, 15) is 9.90 Å². The lowest BCUT2D eigenvalue weighted by molar-refractivity contribution is -0.120. The second-order valence-corrected chi connectivity index (χ2v) is 6.09. The third kappa shape index (κ3) is 5.22. The second-order valence-electron chi connectivity index (χ2n) is 5.68. The maximum atomic E-state index is 12.0. The molecule has 2 aromatic carbocycles. The predicted molar refractivity (Wildman–Crippen MR) is 99.6 cm³/mol. The van der Waals surface area contributed by atoms with Crippen LogP contribution >= 0.6 is 11.6 Å². The van der Waals surface area contributed by atoms with Gasteiger partial charge in [-0.3, -0.25) is 4.79 Å². The number of amides is 1. The minimum absolute atomic E-state index is 0.111. The first-order valence-corrected chi connectivity index (χ1v) is 8.31. The number of phenolic OH excluding ortho intramolecular Hbond substituents is 1. The van der Waals surface area contributed by atoms with Crippen LogP contribution in [0.4, 0.5) is 0 Å². The maximum absolute atomic E-state index is 12.0. The summed E-state index contributed by atoms with van der Waals surface area (Å²) in [6.45, 7) is 6.17. The van der Waals surface area contributed by atoms with Crippen LogP contribution in [0.2, 0.25) is 5.02 Å². The van der Waals surface area contributed by atoms with Crippen molar-refractivity contribution in [2.45, 2.75) is 27.2 Å². The maximum Gasteiger partial charge on any atom is 0.244 e. The van der Waals surface area contributed by atoms with E-state index in [0.29, 0.717) is 12.2 Å². The number of ether oxygens (including phenoxy) is 1. The van der Waals surface area contributed by atoms with Crippen molar-refractivity contribution in [1.29, 1.82) is 0 Å². The smallest absolute Gasteiger partial charge is 0.244 e. The van der Waals surface area contributed by atoms with Gasteiger partial charge in [-0.2, -0.15) is 5.10 Å². The van der Waals surface area contributed by atoms with E-state index in [4.69, 9.17) is 16.3 Å². The number of nitrogens with one attached hydrogen (secondary N) is 1. The lowest BCUT2D eigenvalue weighted by atomic mass is 10.0. The van der Waals surface area contributed by atoms with Crippen molar-refractivity contribution >= 4 is 23.7 Å². The Hall–Kier alpha value is -2.53. The fourth-order valence-electron chi connectivity index (χ4n) is 2.32. The standard InChI is InChI=1S/C19H21ClN2O3/c1-4-25-17-9-14(8-16(20)19(17)24)11-21-22-18(23)10-15-7-12(2)5-6-13(15)3/h5-9,11,24H,4,10H2,1-3H3,(H,22,23)/b21-11+. The van der Waals surface area contributed by atoms with Crippen molar-refractivity contribution in [3.8, 4) is 11.5 Å². The van der Waals surface area contributed by atoms with E-state index in [1.54, 1.807) is 12.1 Å². The van der Waals surface area contributed by atoms with Gasteiger partial charge in [0, 0.05) is 0 Å². The van der Waals surface area contributed by atoms with Crippen LogP contribution in [0.25, 0.3) is 0 Å². The molecule has 5 nitrogen and oxygen atoms in total. The number of nitrogens with zero attached hydrogens (tertiary/aromatic N) is 1. The molecule has 2 N–H and O–H groups in total. The fourth-order valence-corrected chi connectivity index (χ4v) is 2.53. The molecule has 0 saturated heterocycles. The molecule has 132 valence electrons. The van der Waals surface area contributed by atoms with Crippen molar-refractivity contribution in [1.82, 2.24) is 5.43 Å². The van der Waals surface area contributed by atoms with Gasteiger partial charge in [-0.05, 0) is 49.6 Å². The molecule has 0 unspecified atom stereocenters. The molecule has 0 atom stereocenters. The number of carbonyl (C=O) groups excluding carboxylic acids is 1. The summed E-state index contributed by atoms with van der Waals surface area (Å²) in [6.07, 6.45) is 1.71. The largest absolute Gasteiger partial charge is 0.503 e. The molecule has 0 fully saturated rings. The Labute approximate surface area is 152 Å². The van der Waals surface area contributed by atoms with Gasteiger partial charge >= 0.3 is 0 Å². The quantitative estimate of drug-likeness (QED) is 0.608. The highest BCUT2D eigenvalue weighted by atomic mass is 35.5. The molecule has 0 spiro atoms. The van der Waals surface area contributed by atoms with Crippen molar-refractivity contribution in [3.05, 3.63) is 57.6 Å². The zero-order chi connectivity index (χ0) is 18.4. The molecule has 0 aliphatic carbocycles. The monoisotopic (exact) mass is 360 g/mol. The van der Waals surface area contributed by atoms with Crippen LogP contribution in [0.3, 0.4) is 0 Å². The average molecular weight is 361 g/mol. The molecule has 0 aliphatic heterocycles. The zero-order valence-electron chi connectivity index (χ0n) is 14.5. The number of hydrazone groups is 1. The number of aryl methyl sites for hydroxylation is 2. The van der Waals surface area contributed by atoms with Gasteiger partial charge in [0.1, 0.15) is 0 Å². The third-order valence-corrected chi connectivity index (χ3v) is 3.90. The van der Waals surface area contributed by atoms with Gasteiger partial charge in [0.15, 0.2) is 11.5 Å². The number of hydrogen-bond donors (Lipinski definition) is 2. The fraction of sp³-hybridized carbons (Fsp3) is 0.263. The molecular formula is C19H21ClN2O3. The molecule has 0 aliphatic rings. The number of carbonyl (C=O) groups is 1. The summed E-state index contributed by atoms with van der Waals surface area (Å²) in [5.74, 6) is -0.0438. The van der Waals surface area contributed by atoms with Gasteiger partial charge in [-0.25, -0.2) is 5.43 Å². The summed E-state index contributed by atoms with van der Waals surface area (Å²) >= 11 is 5.96. The summed E-state index contributed by atoms with van der Waals surface area (Å²) in [5, 5.41) is 13.9. The normalized spacial score (nSPS) is 10.9. The van der Waals surface area contributed by atoms with Crippen molar-refractivity contribution < 1.29 is 14.6 Å². The van der Waals surface area contributed by atoms with Crippen LogP contribution in [0.15, 0.2) is 35.4 Å². The molecule has 2 aromatic rings. The van der Waals surface area contributed by atoms with Crippen LogP contribution in [0.5, 0.6) is 11.5 Å². The number of benzene rings is 2. The molecule has 0 saturated carbocycles. The highest BCUT2D eigenvalue weighted by Gasteiger charge is 2.09. The molecule has 0 heterocycles. The number of rotatable bonds is 6. The lowest BCUT2D eigenvalue weighted by Gasteiger charge is -2.08. The van der Waals surface area contributed by atoms with E-state index < -0.39 is 0 Å². The van der Waals surface area contributed by atoms with E-state index in [-0.39, 0.29) is 28.8 Å². The number of aromatic hydroxyl groups is 1. The summed E-state index contributed by atoms with van der Waals surface area (Å²) < 4.78 is 5.31. The van der Waals surface area contributed by atoms with Crippen molar-refractivity contribution in [2.24, 2.45) is 5.10 Å². The first-order valence-electron chi connectivity index (χ1n) is 7.94. The third-order valence-electron chi connectivity index (χ3n) is 3.61. The van der Waals surface area contributed by atoms with Crippen LogP contribution < -0.4 is 10.2 Å². The summed E-state index contributed by atoms with van der Waals surface area (Å²) in [7, 11) is 0. The second kappa shape index (κ2) is 8.53. The number of hydrogen-bond acceptors (Lipinski definition) is 4. The predicted octanol–water partition coefficient (Wildman–Crippen LogP) is 3.75. The lowest BCUT2D eigenvalue weighted by Crippen LogP contribution is -2.20. The van der Waals surface area contributed by atoms with Crippen LogP contribution in [0, 0.1) is 13.8 Å². The number of halogens is 1.